The van der Waals surface area contributed by atoms with Crippen molar-refractivity contribution in [2.75, 3.05) is 26.2 Å². The molecule has 2 aromatic heterocycles. The lowest BCUT2D eigenvalue weighted by Crippen LogP contribution is -2.50. The summed E-state index contributed by atoms with van der Waals surface area (Å²) in [5, 5.41) is 1.94. The molecule has 1 saturated heterocycles. The van der Waals surface area contributed by atoms with Crippen molar-refractivity contribution in [2.24, 2.45) is 0 Å². The van der Waals surface area contributed by atoms with Gasteiger partial charge in [0.05, 0.1) is 21.5 Å². The predicted octanol–water partition coefficient (Wildman–Crippen LogP) is 1.73. The minimum Gasteiger partial charge on any atom is -0.340 e. The van der Waals surface area contributed by atoms with E-state index in [1.165, 1.54) is 16.4 Å². The number of hydrogen-bond acceptors (Lipinski definition) is 6. The molecular formula is C17H17N3O4S3. The predicted molar refractivity (Wildman–Crippen MR) is 106 cm³/mol. The van der Waals surface area contributed by atoms with Crippen LogP contribution in [0.3, 0.4) is 0 Å². The van der Waals surface area contributed by atoms with E-state index in [1.54, 1.807) is 22.3 Å². The fourth-order valence-corrected chi connectivity index (χ4v) is 6.08. The number of thiophene rings is 1. The molecule has 1 amide bonds. The van der Waals surface area contributed by atoms with Crippen molar-refractivity contribution in [1.82, 2.24) is 14.2 Å². The second-order valence-corrected chi connectivity index (χ2v) is 10.2. The average molecular weight is 424 g/mol. The van der Waals surface area contributed by atoms with Gasteiger partial charge in [-0.3, -0.25) is 9.59 Å². The van der Waals surface area contributed by atoms with E-state index >= 15 is 0 Å². The minimum absolute atomic E-state index is 0.0213. The van der Waals surface area contributed by atoms with Gasteiger partial charge in [-0.05, 0) is 29.6 Å². The molecule has 1 aromatic carbocycles. The number of hydrogen-bond donors (Lipinski definition) is 1. The molecule has 1 fully saturated rings. The van der Waals surface area contributed by atoms with Crippen LogP contribution in [-0.2, 0) is 21.2 Å². The normalized spacial score (nSPS) is 16.1. The number of nitrogens with one attached hydrogen (secondary N) is 1. The molecule has 0 radical (unpaired) electrons. The van der Waals surface area contributed by atoms with E-state index in [0.717, 1.165) is 16.2 Å². The zero-order chi connectivity index (χ0) is 19.0. The van der Waals surface area contributed by atoms with Gasteiger partial charge in [0.25, 0.3) is 0 Å². The molecule has 10 heteroatoms. The molecule has 1 aliphatic rings. The first-order valence-corrected chi connectivity index (χ1v) is 11.5. The topological polar surface area (TPSA) is 90.6 Å². The molecule has 27 heavy (non-hydrogen) atoms. The maximum Gasteiger partial charge on any atom is 0.305 e. The zero-order valence-electron chi connectivity index (χ0n) is 14.3. The molecule has 3 heterocycles. The third-order valence-electron chi connectivity index (χ3n) is 4.53. The summed E-state index contributed by atoms with van der Waals surface area (Å²) >= 11 is 2.53. The molecule has 142 valence electrons. The quantitative estimate of drug-likeness (QED) is 0.692. The maximum absolute atomic E-state index is 12.9. The Morgan fingerprint density at radius 3 is 2.63 bits per heavy atom. The van der Waals surface area contributed by atoms with Crippen molar-refractivity contribution in [1.29, 1.82) is 0 Å². The molecule has 0 unspecified atom stereocenters. The van der Waals surface area contributed by atoms with Crippen LogP contribution in [0.2, 0.25) is 0 Å². The number of thiazole rings is 1. The number of benzene rings is 1. The minimum atomic E-state index is -3.66. The maximum atomic E-state index is 12.9. The number of nitrogens with zero attached hydrogens (tertiary/aromatic N) is 2. The highest BCUT2D eigenvalue weighted by molar-refractivity contribution is 7.89. The number of piperazine rings is 1. The molecule has 1 N–H and O–H groups in total. The van der Waals surface area contributed by atoms with Crippen LogP contribution in [0, 0.1) is 0 Å². The van der Waals surface area contributed by atoms with E-state index in [-0.39, 0.29) is 28.8 Å². The van der Waals surface area contributed by atoms with Crippen LogP contribution in [-0.4, -0.2) is 54.7 Å². The average Bonchev–Trinajstić information content (AvgIpc) is 3.29. The van der Waals surface area contributed by atoms with Gasteiger partial charge in [-0.2, -0.15) is 4.31 Å². The second-order valence-electron chi connectivity index (χ2n) is 6.21. The summed E-state index contributed by atoms with van der Waals surface area (Å²) in [6, 6.07) is 8.49. The van der Waals surface area contributed by atoms with Gasteiger partial charge in [0.2, 0.25) is 15.9 Å². The Bertz CT molecular complexity index is 1120. The molecule has 0 bridgehead atoms. The molecule has 4 rings (SSSR count). The van der Waals surface area contributed by atoms with Crippen molar-refractivity contribution in [3.63, 3.8) is 0 Å². The SMILES string of the molecule is O=C(Cc1cccs1)N1CCN(S(=O)(=O)c2ccc3[nH]c(=O)sc3c2)CC1. The molecular weight excluding hydrogens is 406 g/mol. The highest BCUT2D eigenvalue weighted by Gasteiger charge is 2.30. The number of aromatic amines is 1. The van der Waals surface area contributed by atoms with Crippen LogP contribution in [0.5, 0.6) is 0 Å². The summed E-state index contributed by atoms with van der Waals surface area (Å²) in [6.45, 7) is 1.28. The Balaban J connectivity index is 1.45. The highest BCUT2D eigenvalue weighted by atomic mass is 32.2. The van der Waals surface area contributed by atoms with Crippen molar-refractivity contribution >= 4 is 48.8 Å². The third kappa shape index (κ3) is 3.70. The van der Waals surface area contributed by atoms with Crippen molar-refractivity contribution in [3.05, 3.63) is 50.3 Å². The molecule has 0 atom stereocenters. The van der Waals surface area contributed by atoms with Gasteiger partial charge in [-0.25, -0.2) is 8.42 Å². The number of sulfonamides is 1. The number of rotatable bonds is 4. The monoisotopic (exact) mass is 423 g/mol. The number of aromatic nitrogens is 1. The molecule has 3 aromatic rings. The van der Waals surface area contributed by atoms with Gasteiger partial charge in [0.1, 0.15) is 0 Å². The molecule has 0 spiro atoms. The lowest BCUT2D eigenvalue weighted by molar-refractivity contribution is -0.131. The van der Waals surface area contributed by atoms with Crippen LogP contribution in [0.4, 0.5) is 0 Å². The number of carbonyl (C=O) groups excluding carboxylic acids is 1. The summed E-state index contributed by atoms with van der Waals surface area (Å²) in [4.78, 5) is 29.2. The molecule has 0 aliphatic carbocycles. The van der Waals surface area contributed by atoms with Crippen molar-refractivity contribution in [2.45, 2.75) is 11.3 Å². The first-order chi connectivity index (χ1) is 12.9. The summed E-state index contributed by atoms with van der Waals surface area (Å²) < 4.78 is 27.8. The Hall–Kier alpha value is -2.01. The van der Waals surface area contributed by atoms with Gasteiger partial charge < -0.3 is 9.88 Å². The summed E-state index contributed by atoms with van der Waals surface area (Å²) in [6.07, 6.45) is 0.355. The van der Waals surface area contributed by atoms with Gasteiger partial charge >= 0.3 is 4.87 Å². The number of fused-ring (bicyclic) bond motifs is 1. The van der Waals surface area contributed by atoms with Crippen LogP contribution >= 0.6 is 22.7 Å². The van der Waals surface area contributed by atoms with E-state index in [4.69, 9.17) is 0 Å². The first-order valence-electron chi connectivity index (χ1n) is 8.37. The lowest BCUT2D eigenvalue weighted by Gasteiger charge is -2.34. The molecule has 1 aliphatic heterocycles. The summed E-state index contributed by atoms with van der Waals surface area (Å²) in [5.74, 6) is 0.0213. The Kier molecular flexibility index (Phi) is 4.89. The van der Waals surface area contributed by atoms with E-state index < -0.39 is 10.0 Å². The Labute approximate surface area is 163 Å². The van der Waals surface area contributed by atoms with Gasteiger partial charge in [-0.1, -0.05) is 17.4 Å². The van der Waals surface area contributed by atoms with E-state index in [1.807, 2.05) is 17.5 Å². The standard InChI is InChI=1S/C17H17N3O4S3/c21-16(10-12-2-1-9-25-12)19-5-7-20(8-6-19)27(23,24)13-3-4-14-15(11-13)26-17(22)18-14/h1-4,9,11H,5-8,10H2,(H,18,22). The van der Waals surface area contributed by atoms with Crippen molar-refractivity contribution < 1.29 is 13.2 Å². The van der Waals surface area contributed by atoms with E-state index in [9.17, 15) is 18.0 Å². The largest absolute Gasteiger partial charge is 0.340 e. The van der Waals surface area contributed by atoms with Crippen LogP contribution in [0.1, 0.15) is 4.88 Å². The first kappa shape index (κ1) is 18.4. The number of amides is 1. The van der Waals surface area contributed by atoms with Gasteiger partial charge in [0, 0.05) is 31.1 Å². The van der Waals surface area contributed by atoms with Crippen molar-refractivity contribution in [3.8, 4) is 0 Å². The fourth-order valence-electron chi connectivity index (χ4n) is 3.09. The van der Waals surface area contributed by atoms with Crippen LogP contribution in [0.15, 0.2) is 45.4 Å². The summed E-state index contributed by atoms with van der Waals surface area (Å²) in [5.41, 5.74) is 0.632. The van der Waals surface area contributed by atoms with Gasteiger partial charge in [0.15, 0.2) is 0 Å². The smallest absolute Gasteiger partial charge is 0.305 e. The Morgan fingerprint density at radius 1 is 1.15 bits per heavy atom. The van der Waals surface area contributed by atoms with Crippen LogP contribution in [0.25, 0.3) is 10.2 Å². The Morgan fingerprint density at radius 2 is 1.93 bits per heavy atom. The third-order valence-corrected chi connectivity index (χ3v) is 8.14. The lowest BCUT2D eigenvalue weighted by atomic mass is 10.3. The van der Waals surface area contributed by atoms with Gasteiger partial charge in [-0.15, -0.1) is 11.3 Å². The molecule has 7 nitrogen and oxygen atoms in total. The number of H-pyrrole nitrogens is 1. The molecule has 0 saturated carbocycles. The zero-order valence-corrected chi connectivity index (χ0v) is 16.7. The summed E-state index contributed by atoms with van der Waals surface area (Å²) in [7, 11) is -3.66. The second kappa shape index (κ2) is 7.19. The fraction of sp³-hybridized carbons (Fsp3) is 0.294. The van der Waals surface area contributed by atoms with E-state index in [0.29, 0.717) is 29.7 Å². The van der Waals surface area contributed by atoms with Crippen LogP contribution < -0.4 is 4.87 Å². The number of carbonyl (C=O) groups is 1. The van der Waals surface area contributed by atoms with E-state index in [2.05, 4.69) is 4.98 Å². The highest BCUT2D eigenvalue weighted by Crippen LogP contribution is 2.23.